The Bertz CT molecular complexity index is 797. The number of nitrogens with one attached hydrogen (secondary N) is 1. The average Bonchev–Trinajstić information content (AvgIpc) is 3.13. The Morgan fingerprint density at radius 1 is 1.19 bits per heavy atom. The summed E-state index contributed by atoms with van der Waals surface area (Å²) in [5, 5.41) is 0. The SMILES string of the molecule is O=C1OC[C@@H](c2ccccc2)N1c1ccc2nc[nH]c2c1. The Morgan fingerprint density at radius 2 is 2.05 bits per heavy atom. The molecule has 1 aromatic heterocycles. The van der Waals surface area contributed by atoms with Gasteiger partial charge in [-0.15, -0.1) is 0 Å². The fourth-order valence-corrected chi connectivity index (χ4v) is 2.70. The zero-order valence-electron chi connectivity index (χ0n) is 11.2. The van der Waals surface area contributed by atoms with Gasteiger partial charge in [0.15, 0.2) is 0 Å². The molecule has 0 radical (unpaired) electrons. The van der Waals surface area contributed by atoms with E-state index >= 15 is 0 Å². The Kier molecular flexibility index (Phi) is 2.64. The summed E-state index contributed by atoms with van der Waals surface area (Å²) in [5.41, 5.74) is 3.65. The van der Waals surface area contributed by atoms with Gasteiger partial charge in [0.05, 0.1) is 29.1 Å². The number of carbonyl (C=O) groups is 1. The molecule has 5 heteroatoms. The van der Waals surface area contributed by atoms with Gasteiger partial charge in [0.1, 0.15) is 6.61 Å². The molecule has 1 aliphatic heterocycles. The molecule has 1 N–H and O–H groups in total. The number of carbonyl (C=O) groups excluding carboxylic acids is 1. The molecule has 104 valence electrons. The molecule has 21 heavy (non-hydrogen) atoms. The highest BCUT2D eigenvalue weighted by atomic mass is 16.6. The highest BCUT2D eigenvalue weighted by Crippen LogP contribution is 2.33. The number of ether oxygens (including phenoxy) is 1. The predicted octanol–water partition coefficient (Wildman–Crippen LogP) is 3.26. The van der Waals surface area contributed by atoms with Gasteiger partial charge in [0.2, 0.25) is 0 Å². The third-order valence-electron chi connectivity index (χ3n) is 3.74. The topological polar surface area (TPSA) is 58.2 Å². The van der Waals surface area contributed by atoms with Crippen molar-refractivity contribution in [2.24, 2.45) is 0 Å². The van der Waals surface area contributed by atoms with Crippen LogP contribution in [0.5, 0.6) is 0 Å². The van der Waals surface area contributed by atoms with Crippen molar-refractivity contribution in [1.29, 1.82) is 0 Å². The maximum Gasteiger partial charge on any atom is 0.415 e. The number of H-pyrrole nitrogens is 1. The molecule has 0 spiro atoms. The van der Waals surface area contributed by atoms with Crippen LogP contribution in [0.1, 0.15) is 11.6 Å². The van der Waals surface area contributed by atoms with Crippen molar-refractivity contribution in [3.8, 4) is 0 Å². The number of hydrogen-bond acceptors (Lipinski definition) is 3. The number of benzene rings is 2. The van der Waals surface area contributed by atoms with Crippen molar-refractivity contribution in [1.82, 2.24) is 9.97 Å². The summed E-state index contributed by atoms with van der Waals surface area (Å²) in [4.78, 5) is 21.1. The van der Waals surface area contributed by atoms with Crippen LogP contribution in [0.2, 0.25) is 0 Å². The van der Waals surface area contributed by atoms with Crippen molar-refractivity contribution in [3.05, 3.63) is 60.4 Å². The zero-order valence-corrected chi connectivity index (χ0v) is 11.2. The van der Waals surface area contributed by atoms with E-state index in [-0.39, 0.29) is 12.1 Å². The van der Waals surface area contributed by atoms with Gasteiger partial charge >= 0.3 is 6.09 Å². The van der Waals surface area contributed by atoms with E-state index in [2.05, 4.69) is 9.97 Å². The van der Waals surface area contributed by atoms with E-state index in [1.807, 2.05) is 48.5 Å². The lowest BCUT2D eigenvalue weighted by Gasteiger charge is -2.21. The van der Waals surface area contributed by atoms with Crippen LogP contribution < -0.4 is 4.90 Å². The lowest BCUT2D eigenvalue weighted by Crippen LogP contribution is -2.27. The van der Waals surface area contributed by atoms with Gasteiger partial charge < -0.3 is 9.72 Å². The van der Waals surface area contributed by atoms with E-state index in [0.29, 0.717) is 6.61 Å². The van der Waals surface area contributed by atoms with Crippen LogP contribution in [0, 0.1) is 0 Å². The first-order valence-corrected chi connectivity index (χ1v) is 6.77. The van der Waals surface area contributed by atoms with E-state index in [0.717, 1.165) is 22.3 Å². The van der Waals surface area contributed by atoms with Crippen molar-refractivity contribution in [2.75, 3.05) is 11.5 Å². The van der Waals surface area contributed by atoms with Gasteiger partial charge in [-0.25, -0.2) is 9.78 Å². The first-order chi connectivity index (χ1) is 10.3. The molecule has 0 aliphatic carbocycles. The molecular weight excluding hydrogens is 266 g/mol. The van der Waals surface area contributed by atoms with Gasteiger partial charge in [0.25, 0.3) is 0 Å². The van der Waals surface area contributed by atoms with Gasteiger partial charge in [0, 0.05) is 0 Å². The fraction of sp³-hybridized carbons (Fsp3) is 0.125. The van der Waals surface area contributed by atoms with Crippen LogP contribution in [0.3, 0.4) is 0 Å². The number of rotatable bonds is 2. The maximum absolute atomic E-state index is 12.1. The fourth-order valence-electron chi connectivity index (χ4n) is 2.70. The maximum atomic E-state index is 12.1. The summed E-state index contributed by atoms with van der Waals surface area (Å²) in [6.45, 7) is 0.365. The van der Waals surface area contributed by atoms with Gasteiger partial charge in [-0.2, -0.15) is 0 Å². The van der Waals surface area contributed by atoms with Crippen molar-refractivity contribution in [3.63, 3.8) is 0 Å². The van der Waals surface area contributed by atoms with Crippen LogP contribution >= 0.6 is 0 Å². The Hall–Kier alpha value is -2.82. The number of aromatic amines is 1. The third kappa shape index (κ3) is 1.94. The summed E-state index contributed by atoms with van der Waals surface area (Å²) in [6.07, 6.45) is 1.33. The standard InChI is InChI=1S/C16H13N3O2/c20-16-19(12-6-7-13-14(8-12)18-10-17-13)15(9-21-16)11-4-2-1-3-5-11/h1-8,10,15H,9H2,(H,17,18)/t15-/m0/s1. The minimum Gasteiger partial charge on any atom is -0.447 e. The first-order valence-electron chi connectivity index (χ1n) is 6.77. The van der Waals surface area contributed by atoms with Crippen LogP contribution in [0.4, 0.5) is 10.5 Å². The number of amides is 1. The molecule has 1 fully saturated rings. The highest BCUT2D eigenvalue weighted by molar-refractivity contribution is 5.93. The Balaban J connectivity index is 1.78. The van der Waals surface area contributed by atoms with Crippen LogP contribution in [0.25, 0.3) is 11.0 Å². The second-order valence-corrected chi connectivity index (χ2v) is 4.98. The van der Waals surface area contributed by atoms with E-state index in [9.17, 15) is 4.79 Å². The van der Waals surface area contributed by atoms with Gasteiger partial charge in [-0.1, -0.05) is 30.3 Å². The first kappa shape index (κ1) is 12.0. The quantitative estimate of drug-likeness (QED) is 0.783. The lowest BCUT2D eigenvalue weighted by atomic mass is 10.1. The number of nitrogens with zero attached hydrogens (tertiary/aromatic N) is 2. The van der Waals surface area contributed by atoms with E-state index in [1.54, 1.807) is 11.2 Å². The third-order valence-corrected chi connectivity index (χ3v) is 3.74. The number of imidazole rings is 1. The predicted molar refractivity (Wildman–Crippen MR) is 79.1 cm³/mol. The summed E-state index contributed by atoms with van der Waals surface area (Å²) < 4.78 is 5.24. The van der Waals surface area contributed by atoms with E-state index < -0.39 is 0 Å². The summed E-state index contributed by atoms with van der Waals surface area (Å²) in [6, 6.07) is 15.5. The van der Waals surface area contributed by atoms with Crippen LogP contribution in [-0.4, -0.2) is 22.7 Å². The lowest BCUT2D eigenvalue weighted by molar-refractivity contribution is 0.179. The number of fused-ring (bicyclic) bond motifs is 1. The largest absolute Gasteiger partial charge is 0.447 e. The monoisotopic (exact) mass is 279 g/mol. The smallest absolute Gasteiger partial charge is 0.415 e. The summed E-state index contributed by atoms with van der Waals surface area (Å²) in [5.74, 6) is 0. The molecule has 3 aromatic rings. The molecule has 1 atom stereocenters. The van der Waals surface area contributed by atoms with Crippen LogP contribution in [0.15, 0.2) is 54.9 Å². The minimum atomic E-state index is -0.317. The van der Waals surface area contributed by atoms with Crippen molar-refractivity contribution >= 4 is 22.8 Å². The molecule has 1 amide bonds. The molecule has 0 bridgehead atoms. The zero-order chi connectivity index (χ0) is 14.2. The van der Waals surface area contributed by atoms with Crippen molar-refractivity contribution in [2.45, 2.75) is 6.04 Å². The molecule has 4 rings (SSSR count). The normalized spacial score (nSPS) is 18.2. The molecule has 2 aromatic carbocycles. The highest BCUT2D eigenvalue weighted by Gasteiger charge is 2.35. The van der Waals surface area contributed by atoms with E-state index in [1.165, 1.54) is 0 Å². The molecule has 1 aliphatic rings. The van der Waals surface area contributed by atoms with Gasteiger partial charge in [-0.3, -0.25) is 4.90 Å². The van der Waals surface area contributed by atoms with E-state index in [4.69, 9.17) is 4.74 Å². The number of cyclic esters (lactones) is 1. The molecule has 5 nitrogen and oxygen atoms in total. The van der Waals surface area contributed by atoms with Gasteiger partial charge in [-0.05, 0) is 23.8 Å². The Labute approximate surface area is 121 Å². The second-order valence-electron chi connectivity index (χ2n) is 4.98. The van der Waals surface area contributed by atoms with Crippen molar-refractivity contribution < 1.29 is 9.53 Å². The average molecular weight is 279 g/mol. The molecule has 0 unspecified atom stereocenters. The Morgan fingerprint density at radius 3 is 2.90 bits per heavy atom. The molecule has 2 heterocycles. The summed E-state index contributed by atoms with van der Waals surface area (Å²) >= 11 is 0. The number of aromatic nitrogens is 2. The summed E-state index contributed by atoms with van der Waals surface area (Å²) in [7, 11) is 0. The number of anilines is 1. The minimum absolute atomic E-state index is 0.0981. The molecule has 1 saturated heterocycles. The molecular formula is C16H13N3O2. The van der Waals surface area contributed by atoms with Crippen LogP contribution in [-0.2, 0) is 4.74 Å². The molecule has 0 saturated carbocycles. The number of hydrogen-bond donors (Lipinski definition) is 1. The second kappa shape index (κ2) is 4.63.